The van der Waals surface area contributed by atoms with Crippen LogP contribution in [0, 0.1) is 27.9 Å². The summed E-state index contributed by atoms with van der Waals surface area (Å²) in [5.74, 6) is 2.41. The molecule has 3 aliphatic rings. The predicted molar refractivity (Wildman–Crippen MR) is 93.4 cm³/mol. The standard InChI is InChI=1S/C19H23N3O3/c23-19(15-3-5-18(6-4-15)22(24)25)21-9-7-20(8-10-21)13-17-12-14-1-2-16(17)11-14/h1-6,14,16-17H,7-13H2/p+1/t14-,16-,17-/m0/s1. The highest BCUT2D eigenvalue weighted by atomic mass is 16.6. The smallest absolute Gasteiger partial charge is 0.269 e. The summed E-state index contributed by atoms with van der Waals surface area (Å²) in [4.78, 5) is 26.3. The quantitative estimate of drug-likeness (QED) is 0.507. The number of benzene rings is 1. The highest BCUT2D eigenvalue weighted by Crippen LogP contribution is 2.42. The Kier molecular flexibility index (Phi) is 4.29. The Morgan fingerprint density at radius 2 is 1.88 bits per heavy atom. The van der Waals surface area contributed by atoms with Gasteiger partial charge in [0.25, 0.3) is 11.6 Å². The number of nitrogens with one attached hydrogen (secondary N) is 1. The summed E-state index contributed by atoms with van der Waals surface area (Å²) in [6.07, 6.45) is 7.49. The van der Waals surface area contributed by atoms with Gasteiger partial charge in [-0.25, -0.2) is 0 Å². The van der Waals surface area contributed by atoms with Gasteiger partial charge in [-0.05, 0) is 36.8 Å². The van der Waals surface area contributed by atoms with Gasteiger partial charge in [0, 0.05) is 23.6 Å². The SMILES string of the molecule is O=C(c1ccc([N+](=O)[O-])cc1)N1CC[NH+](C[C@@H]2C[C@H]3C=C[C@H]2C3)CC1. The van der Waals surface area contributed by atoms with E-state index < -0.39 is 4.92 Å². The van der Waals surface area contributed by atoms with Gasteiger partial charge in [-0.1, -0.05) is 12.2 Å². The van der Waals surface area contributed by atoms with Gasteiger partial charge < -0.3 is 9.80 Å². The number of hydrogen-bond acceptors (Lipinski definition) is 3. The summed E-state index contributed by atoms with van der Waals surface area (Å²) < 4.78 is 0. The van der Waals surface area contributed by atoms with Crippen LogP contribution in [-0.2, 0) is 0 Å². The van der Waals surface area contributed by atoms with Crippen molar-refractivity contribution in [3.05, 3.63) is 52.1 Å². The van der Waals surface area contributed by atoms with Gasteiger partial charge >= 0.3 is 0 Å². The Morgan fingerprint density at radius 3 is 2.44 bits per heavy atom. The van der Waals surface area contributed by atoms with E-state index in [0.717, 1.165) is 43.9 Å². The highest BCUT2D eigenvalue weighted by molar-refractivity contribution is 5.94. The molecule has 1 amide bonds. The van der Waals surface area contributed by atoms with Crippen molar-refractivity contribution in [3.63, 3.8) is 0 Å². The molecule has 1 aromatic rings. The number of hydrogen-bond donors (Lipinski definition) is 1. The molecule has 1 aliphatic heterocycles. The second kappa shape index (κ2) is 6.59. The van der Waals surface area contributed by atoms with E-state index in [-0.39, 0.29) is 11.6 Å². The van der Waals surface area contributed by atoms with Gasteiger partial charge in [0.2, 0.25) is 0 Å². The van der Waals surface area contributed by atoms with E-state index in [1.807, 2.05) is 4.90 Å². The van der Waals surface area contributed by atoms with Crippen LogP contribution in [0.5, 0.6) is 0 Å². The fourth-order valence-electron chi connectivity index (χ4n) is 4.64. The molecule has 1 saturated heterocycles. The van der Waals surface area contributed by atoms with Gasteiger partial charge in [0.1, 0.15) is 0 Å². The molecule has 1 N–H and O–H groups in total. The molecule has 2 bridgehead atoms. The van der Waals surface area contributed by atoms with Crippen molar-refractivity contribution >= 4 is 11.6 Å². The molecule has 2 fully saturated rings. The second-order valence-electron chi connectivity index (χ2n) is 7.59. The van der Waals surface area contributed by atoms with E-state index in [4.69, 9.17) is 0 Å². The van der Waals surface area contributed by atoms with Crippen LogP contribution in [0.3, 0.4) is 0 Å². The fourth-order valence-corrected chi connectivity index (χ4v) is 4.64. The lowest BCUT2D eigenvalue weighted by molar-refractivity contribution is -0.907. The maximum Gasteiger partial charge on any atom is 0.269 e. The first-order valence-corrected chi connectivity index (χ1v) is 9.16. The Hall–Kier alpha value is -2.21. The molecule has 3 atom stereocenters. The molecule has 1 aromatic carbocycles. The molecule has 6 nitrogen and oxygen atoms in total. The van der Waals surface area contributed by atoms with E-state index in [1.54, 1.807) is 17.0 Å². The lowest BCUT2D eigenvalue weighted by Crippen LogP contribution is -3.15. The van der Waals surface area contributed by atoms with Crippen molar-refractivity contribution in [2.75, 3.05) is 32.7 Å². The number of nitro groups is 1. The van der Waals surface area contributed by atoms with Crippen molar-refractivity contribution in [2.45, 2.75) is 12.8 Å². The first-order chi connectivity index (χ1) is 12.1. The summed E-state index contributed by atoms with van der Waals surface area (Å²) in [6, 6.07) is 5.91. The second-order valence-corrected chi connectivity index (χ2v) is 7.59. The molecule has 0 aromatic heterocycles. The number of fused-ring (bicyclic) bond motifs is 2. The molecule has 4 rings (SSSR count). The van der Waals surface area contributed by atoms with Crippen molar-refractivity contribution in [1.82, 2.24) is 4.90 Å². The van der Waals surface area contributed by atoms with Gasteiger partial charge in [0.05, 0.1) is 37.6 Å². The molecule has 132 valence electrons. The zero-order valence-electron chi connectivity index (χ0n) is 14.3. The minimum Gasteiger partial charge on any atom is -0.332 e. The Labute approximate surface area is 147 Å². The Bertz CT molecular complexity index is 692. The van der Waals surface area contributed by atoms with E-state index in [9.17, 15) is 14.9 Å². The summed E-state index contributed by atoms with van der Waals surface area (Å²) in [5, 5.41) is 10.7. The topological polar surface area (TPSA) is 67.9 Å². The molecule has 0 spiro atoms. The lowest BCUT2D eigenvalue weighted by atomic mass is 9.93. The van der Waals surface area contributed by atoms with Crippen LogP contribution in [0.15, 0.2) is 36.4 Å². The van der Waals surface area contributed by atoms with Crippen molar-refractivity contribution in [1.29, 1.82) is 0 Å². The zero-order valence-corrected chi connectivity index (χ0v) is 14.3. The number of piperazine rings is 1. The third kappa shape index (κ3) is 3.31. The van der Waals surface area contributed by atoms with Crippen molar-refractivity contribution in [2.24, 2.45) is 17.8 Å². The number of carbonyl (C=O) groups is 1. The lowest BCUT2D eigenvalue weighted by Gasteiger charge is -2.34. The summed E-state index contributed by atoms with van der Waals surface area (Å²) >= 11 is 0. The molecule has 1 heterocycles. The van der Waals surface area contributed by atoms with Crippen molar-refractivity contribution in [3.8, 4) is 0 Å². The molecular formula is C19H24N3O3+. The molecular weight excluding hydrogens is 318 g/mol. The summed E-state index contributed by atoms with van der Waals surface area (Å²) in [6.45, 7) is 4.75. The van der Waals surface area contributed by atoms with Crippen LogP contribution in [0.2, 0.25) is 0 Å². The van der Waals surface area contributed by atoms with Gasteiger partial charge in [-0.2, -0.15) is 0 Å². The van der Waals surface area contributed by atoms with Gasteiger partial charge in [-0.15, -0.1) is 0 Å². The zero-order chi connectivity index (χ0) is 17.4. The third-order valence-corrected chi connectivity index (χ3v) is 6.05. The van der Waals surface area contributed by atoms with Gasteiger partial charge in [0.15, 0.2) is 0 Å². The first-order valence-electron chi connectivity index (χ1n) is 9.16. The van der Waals surface area contributed by atoms with E-state index in [1.165, 1.54) is 31.5 Å². The molecule has 6 heteroatoms. The number of non-ortho nitro benzene ring substituents is 1. The average molecular weight is 342 g/mol. The Balaban J connectivity index is 1.30. The third-order valence-electron chi connectivity index (χ3n) is 6.05. The molecule has 0 radical (unpaired) electrons. The summed E-state index contributed by atoms with van der Waals surface area (Å²) in [7, 11) is 0. The van der Waals surface area contributed by atoms with E-state index in [0.29, 0.717) is 5.56 Å². The Morgan fingerprint density at radius 1 is 1.16 bits per heavy atom. The fraction of sp³-hybridized carbons (Fsp3) is 0.526. The molecule has 0 unspecified atom stereocenters. The maximum absolute atomic E-state index is 12.6. The first kappa shape index (κ1) is 16.3. The number of carbonyl (C=O) groups excluding carboxylic acids is 1. The largest absolute Gasteiger partial charge is 0.332 e. The van der Waals surface area contributed by atoms with Crippen LogP contribution in [0.1, 0.15) is 23.2 Å². The molecule has 2 aliphatic carbocycles. The monoisotopic (exact) mass is 342 g/mol. The molecule has 1 saturated carbocycles. The minimum atomic E-state index is -0.443. The highest BCUT2D eigenvalue weighted by Gasteiger charge is 2.38. The van der Waals surface area contributed by atoms with Crippen molar-refractivity contribution < 1.29 is 14.6 Å². The number of quaternary nitrogens is 1. The van der Waals surface area contributed by atoms with E-state index in [2.05, 4.69) is 12.2 Å². The van der Waals surface area contributed by atoms with E-state index >= 15 is 0 Å². The normalized spacial score (nSPS) is 28.5. The number of nitro benzene ring substituents is 1. The summed E-state index contributed by atoms with van der Waals surface area (Å²) in [5.41, 5.74) is 0.554. The number of nitrogens with zero attached hydrogens (tertiary/aromatic N) is 2. The van der Waals surface area contributed by atoms with Crippen LogP contribution in [0.4, 0.5) is 5.69 Å². The van der Waals surface area contributed by atoms with Crippen LogP contribution < -0.4 is 4.90 Å². The number of allylic oxidation sites excluding steroid dienone is 2. The predicted octanol–water partition coefficient (Wildman–Crippen LogP) is 1.15. The number of rotatable bonds is 4. The molecule has 25 heavy (non-hydrogen) atoms. The van der Waals surface area contributed by atoms with Crippen LogP contribution >= 0.6 is 0 Å². The van der Waals surface area contributed by atoms with Gasteiger partial charge in [-0.3, -0.25) is 14.9 Å². The maximum atomic E-state index is 12.6. The average Bonchev–Trinajstić information content (AvgIpc) is 3.25. The van der Waals surface area contributed by atoms with Crippen LogP contribution in [0.25, 0.3) is 0 Å². The minimum absolute atomic E-state index is 0.0168. The van der Waals surface area contributed by atoms with Crippen LogP contribution in [-0.4, -0.2) is 48.5 Å². The number of amides is 1.